The normalized spacial score (nSPS) is 10.2. The molecular weight excluding hydrogens is 196 g/mol. The summed E-state index contributed by atoms with van der Waals surface area (Å²) in [7, 11) is 0. The average molecular weight is 212 g/mol. The highest BCUT2D eigenvalue weighted by Crippen LogP contribution is 2.25. The highest BCUT2D eigenvalue weighted by atomic mass is 32.2. The maximum atomic E-state index is 8.69. The number of thioether (sulfide) groups is 1. The van der Waals surface area contributed by atoms with E-state index in [-0.39, 0.29) is 6.61 Å². The molecular formula is C11H16O2S. The second-order valence-electron chi connectivity index (χ2n) is 2.93. The third kappa shape index (κ3) is 3.24. The van der Waals surface area contributed by atoms with Gasteiger partial charge in [-0.05, 0) is 37.6 Å². The minimum absolute atomic E-state index is 0.219. The van der Waals surface area contributed by atoms with Crippen LogP contribution in [0.4, 0.5) is 0 Å². The van der Waals surface area contributed by atoms with Gasteiger partial charge in [0.25, 0.3) is 0 Å². The molecule has 0 spiro atoms. The minimum atomic E-state index is 0.219. The van der Waals surface area contributed by atoms with Crippen LogP contribution >= 0.6 is 11.8 Å². The van der Waals surface area contributed by atoms with Crippen molar-refractivity contribution in [1.29, 1.82) is 0 Å². The monoisotopic (exact) mass is 212 g/mol. The second kappa shape index (κ2) is 5.94. The molecule has 0 saturated carbocycles. The summed E-state index contributed by atoms with van der Waals surface area (Å²) in [5.41, 5.74) is 1.15. The summed E-state index contributed by atoms with van der Waals surface area (Å²) in [4.78, 5) is 1.18. The van der Waals surface area contributed by atoms with E-state index >= 15 is 0 Å². The fourth-order valence-electron chi connectivity index (χ4n) is 1.19. The Bertz CT molecular complexity index is 287. The van der Waals surface area contributed by atoms with Crippen LogP contribution in [-0.4, -0.2) is 24.1 Å². The van der Waals surface area contributed by atoms with E-state index in [1.807, 2.05) is 26.0 Å². The van der Waals surface area contributed by atoms with Gasteiger partial charge in [-0.3, -0.25) is 0 Å². The molecule has 0 aliphatic heterocycles. The highest BCUT2D eigenvalue weighted by Gasteiger charge is 2.00. The number of hydrogen-bond donors (Lipinski definition) is 1. The molecule has 0 amide bonds. The first-order valence-electron chi connectivity index (χ1n) is 4.75. The van der Waals surface area contributed by atoms with Crippen molar-refractivity contribution < 1.29 is 9.84 Å². The quantitative estimate of drug-likeness (QED) is 0.760. The van der Waals surface area contributed by atoms with E-state index < -0.39 is 0 Å². The van der Waals surface area contributed by atoms with E-state index in [9.17, 15) is 0 Å². The van der Waals surface area contributed by atoms with Crippen molar-refractivity contribution in [1.82, 2.24) is 0 Å². The van der Waals surface area contributed by atoms with Crippen LogP contribution in [0.25, 0.3) is 0 Å². The minimum Gasteiger partial charge on any atom is -0.494 e. The van der Waals surface area contributed by atoms with Crippen LogP contribution in [0, 0.1) is 6.92 Å². The molecule has 1 aromatic rings. The second-order valence-corrected chi connectivity index (χ2v) is 4.10. The average Bonchev–Trinajstić information content (AvgIpc) is 2.19. The molecule has 0 unspecified atom stereocenters. The standard InChI is InChI=1S/C11H16O2S/c1-3-13-11-5-4-10(8-9(11)2)14-7-6-12/h4-5,8,12H,3,6-7H2,1-2H3. The smallest absolute Gasteiger partial charge is 0.122 e. The number of benzene rings is 1. The summed E-state index contributed by atoms with van der Waals surface area (Å²) < 4.78 is 5.44. The van der Waals surface area contributed by atoms with E-state index in [1.165, 1.54) is 4.90 Å². The molecule has 14 heavy (non-hydrogen) atoms. The van der Waals surface area contributed by atoms with Crippen LogP contribution in [0.15, 0.2) is 23.1 Å². The molecule has 1 aromatic carbocycles. The van der Waals surface area contributed by atoms with Gasteiger partial charge in [-0.25, -0.2) is 0 Å². The fraction of sp³-hybridized carbons (Fsp3) is 0.455. The van der Waals surface area contributed by atoms with Crippen LogP contribution < -0.4 is 4.74 Å². The number of aliphatic hydroxyl groups is 1. The zero-order chi connectivity index (χ0) is 10.4. The van der Waals surface area contributed by atoms with Gasteiger partial charge in [0, 0.05) is 10.6 Å². The lowest BCUT2D eigenvalue weighted by Crippen LogP contribution is -1.94. The van der Waals surface area contributed by atoms with Gasteiger partial charge in [-0.1, -0.05) is 0 Å². The lowest BCUT2D eigenvalue weighted by Gasteiger charge is -2.08. The van der Waals surface area contributed by atoms with Gasteiger partial charge in [0.05, 0.1) is 13.2 Å². The molecule has 0 atom stereocenters. The molecule has 0 bridgehead atoms. The Morgan fingerprint density at radius 1 is 1.43 bits per heavy atom. The largest absolute Gasteiger partial charge is 0.494 e. The lowest BCUT2D eigenvalue weighted by molar-refractivity contribution is 0.322. The van der Waals surface area contributed by atoms with E-state index in [1.54, 1.807) is 11.8 Å². The molecule has 1 rings (SSSR count). The summed E-state index contributed by atoms with van der Waals surface area (Å²) >= 11 is 1.66. The van der Waals surface area contributed by atoms with Gasteiger partial charge in [0.2, 0.25) is 0 Å². The molecule has 0 saturated heterocycles. The van der Waals surface area contributed by atoms with E-state index in [0.717, 1.165) is 17.1 Å². The first-order chi connectivity index (χ1) is 6.77. The molecule has 1 N–H and O–H groups in total. The third-order valence-corrected chi connectivity index (χ3v) is 2.78. The predicted molar refractivity (Wildman–Crippen MR) is 60.2 cm³/mol. The summed E-state index contributed by atoms with van der Waals surface area (Å²) in [6, 6.07) is 6.10. The molecule has 0 aliphatic rings. The number of aliphatic hydroxyl groups excluding tert-OH is 1. The summed E-state index contributed by atoms with van der Waals surface area (Å²) in [5.74, 6) is 1.69. The van der Waals surface area contributed by atoms with Gasteiger partial charge in [0.1, 0.15) is 5.75 Å². The zero-order valence-electron chi connectivity index (χ0n) is 8.62. The maximum absolute atomic E-state index is 8.69. The van der Waals surface area contributed by atoms with Gasteiger partial charge >= 0.3 is 0 Å². The Kier molecular flexibility index (Phi) is 4.84. The van der Waals surface area contributed by atoms with Crippen LogP contribution in [0.2, 0.25) is 0 Å². The van der Waals surface area contributed by atoms with Crippen molar-refractivity contribution in [2.24, 2.45) is 0 Å². The van der Waals surface area contributed by atoms with Crippen molar-refractivity contribution in [2.45, 2.75) is 18.7 Å². The molecule has 3 heteroatoms. The first kappa shape index (κ1) is 11.4. The number of hydrogen-bond acceptors (Lipinski definition) is 3. The van der Waals surface area contributed by atoms with Crippen molar-refractivity contribution >= 4 is 11.8 Å². The molecule has 0 heterocycles. The Morgan fingerprint density at radius 3 is 2.79 bits per heavy atom. The van der Waals surface area contributed by atoms with Crippen LogP contribution in [0.5, 0.6) is 5.75 Å². The molecule has 0 aromatic heterocycles. The van der Waals surface area contributed by atoms with Gasteiger partial charge in [-0.15, -0.1) is 11.8 Å². The Labute approximate surface area is 89.3 Å². The van der Waals surface area contributed by atoms with Crippen LogP contribution in [0.1, 0.15) is 12.5 Å². The Hall–Kier alpha value is -0.670. The van der Waals surface area contributed by atoms with Crippen molar-refractivity contribution in [3.05, 3.63) is 23.8 Å². The number of ether oxygens (including phenoxy) is 1. The molecule has 78 valence electrons. The summed E-state index contributed by atoms with van der Waals surface area (Å²) in [6.07, 6.45) is 0. The zero-order valence-corrected chi connectivity index (χ0v) is 9.43. The van der Waals surface area contributed by atoms with Gasteiger partial charge in [-0.2, -0.15) is 0 Å². The van der Waals surface area contributed by atoms with E-state index in [0.29, 0.717) is 6.61 Å². The Morgan fingerprint density at radius 2 is 2.21 bits per heavy atom. The Balaban J connectivity index is 2.68. The number of aryl methyl sites for hydroxylation is 1. The third-order valence-electron chi connectivity index (χ3n) is 1.81. The van der Waals surface area contributed by atoms with Crippen molar-refractivity contribution in [3.8, 4) is 5.75 Å². The lowest BCUT2D eigenvalue weighted by atomic mass is 10.2. The first-order valence-corrected chi connectivity index (χ1v) is 5.73. The maximum Gasteiger partial charge on any atom is 0.122 e. The highest BCUT2D eigenvalue weighted by molar-refractivity contribution is 7.99. The number of rotatable bonds is 5. The molecule has 0 fully saturated rings. The summed E-state index contributed by atoms with van der Waals surface area (Å²) in [5, 5.41) is 8.69. The van der Waals surface area contributed by atoms with Crippen LogP contribution in [0.3, 0.4) is 0 Å². The fourth-order valence-corrected chi connectivity index (χ4v) is 1.94. The summed E-state index contributed by atoms with van der Waals surface area (Å²) in [6.45, 7) is 4.93. The van der Waals surface area contributed by atoms with Crippen LogP contribution in [-0.2, 0) is 0 Å². The molecule has 0 radical (unpaired) electrons. The predicted octanol–water partition coefficient (Wildman–Crippen LogP) is 2.48. The van der Waals surface area contributed by atoms with Crippen molar-refractivity contribution in [3.63, 3.8) is 0 Å². The van der Waals surface area contributed by atoms with E-state index in [4.69, 9.17) is 9.84 Å². The van der Waals surface area contributed by atoms with Crippen molar-refractivity contribution in [2.75, 3.05) is 19.0 Å². The van der Waals surface area contributed by atoms with E-state index in [2.05, 4.69) is 6.07 Å². The molecule has 2 nitrogen and oxygen atoms in total. The van der Waals surface area contributed by atoms with Gasteiger partial charge in [0.15, 0.2) is 0 Å². The molecule has 0 aliphatic carbocycles. The SMILES string of the molecule is CCOc1ccc(SCCO)cc1C. The van der Waals surface area contributed by atoms with Gasteiger partial charge < -0.3 is 9.84 Å². The topological polar surface area (TPSA) is 29.5 Å².